The van der Waals surface area contributed by atoms with Gasteiger partial charge in [-0.05, 0) is 72.5 Å². The van der Waals surface area contributed by atoms with Crippen molar-refractivity contribution in [1.82, 2.24) is 16.1 Å². The number of aliphatic hydroxyl groups is 1. The molecule has 50 heavy (non-hydrogen) atoms. The van der Waals surface area contributed by atoms with E-state index in [1.165, 1.54) is 13.3 Å². The Kier molecular flexibility index (Phi) is 12.0. The molecule has 4 aromatic rings. The van der Waals surface area contributed by atoms with Crippen LogP contribution in [0.4, 0.5) is 4.79 Å². The third-order valence-electron chi connectivity index (χ3n) is 7.69. The molecule has 262 valence electrons. The highest BCUT2D eigenvalue weighted by molar-refractivity contribution is 6.32. The fraction of sp³-hybridized carbons (Fsp3) is 0.270. The molecular weight excluding hydrogens is 664 g/mol. The summed E-state index contributed by atoms with van der Waals surface area (Å²) in [7, 11) is 1.27. The number of nitrogens with zero attached hydrogens (tertiary/aromatic N) is 1. The van der Waals surface area contributed by atoms with Crippen LogP contribution in [0.1, 0.15) is 43.5 Å². The highest BCUT2D eigenvalue weighted by atomic mass is 35.5. The fourth-order valence-electron chi connectivity index (χ4n) is 5.45. The van der Waals surface area contributed by atoms with Crippen LogP contribution in [0, 0.1) is 0 Å². The number of rotatable bonds is 15. The molecule has 2 amide bonds. The zero-order chi connectivity index (χ0) is 35.6. The van der Waals surface area contributed by atoms with Crippen LogP contribution in [0.2, 0.25) is 5.02 Å². The number of halogens is 1. The molecule has 0 unspecified atom stereocenters. The van der Waals surface area contributed by atoms with Crippen LogP contribution < -0.4 is 35.0 Å². The monoisotopic (exact) mass is 702 g/mol. The van der Waals surface area contributed by atoms with E-state index >= 15 is 0 Å². The summed E-state index contributed by atoms with van der Waals surface area (Å²) in [5.74, 6) is 1.01. The van der Waals surface area contributed by atoms with Crippen LogP contribution in [-0.2, 0) is 16.1 Å². The Morgan fingerprint density at radius 3 is 2.52 bits per heavy atom. The van der Waals surface area contributed by atoms with Crippen molar-refractivity contribution in [3.05, 3.63) is 106 Å². The minimum Gasteiger partial charge on any atom is -0.490 e. The number of benzene rings is 4. The lowest BCUT2D eigenvalue weighted by Gasteiger charge is -2.28. The zero-order valence-electron chi connectivity index (χ0n) is 28.1. The topological polar surface area (TPSA) is 149 Å². The zero-order valence-corrected chi connectivity index (χ0v) is 28.9. The maximum atomic E-state index is 12.5. The van der Waals surface area contributed by atoms with Crippen LogP contribution in [0.5, 0.6) is 23.0 Å². The molecule has 4 aromatic carbocycles. The van der Waals surface area contributed by atoms with Gasteiger partial charge in [-0.2, -0.15) is 5.10 Å². The fourth-order valence-corrected chi connectivity index (χ4v) is 5.73. The van der Waals surface area contributed by atoms with Crippen LogP contribution in [0.25, 0.3) is 10.8 Å². The first-order chi connectivity index (χ1) is 24.2. The average Bonchev–Trinajstić information content (AvgIpc) is 3.10. The quantitative estimate of drug-likeness (QED) is 0.0507. The first-order valence-electron chi connectivity index (χ1n) is 16.0. The summed E-state index contributed by atoms with van der Waals surface area (Å²) in [6, 6.07) is 21.4. The summed E-state index contributed by atoms with van der Waals surface area (Å²) in [5, 5.41) is 22.6. The number of esters is 1. The van der Waals surface area contributed by atoms with E-state index in [0.717, 1.165) is 16.3 Å². The molecule has 13 heteroatoms. The van der Waals surface area contributed by atoms with E-state index in [2.05, 4.69) is 39.4 Å². The van der Waals surface area contributed by atoms with Gasteiger partial charge in [0.15, 0.2) is 29.2 Å². The number of methoxy groups -OCH3 is 1. The SMILES string of the molecule is CCOc1cc([C@H]2NC(=O)NC(C)=C2C(=O)OC)ccc1OC[C@@H](O)N/N=C\c1cc(Cl)c(OCc2cccc3ccccc23)c(OCC)c1. The van der Waals surface area contributed by atoms with Crippen molar-refractivity contribution < 1.29 is 38.4 Å². The standard InChI is InChI=1S/C37H39ClN4O8/c1-5-47-30-18-25(34-33(36(44)46-4)22(3)40-37(45)41-34)14-15-29(30)49-21-32(43)42-39-19-23-16-28(38)35(31(17-23)48-6-2)50-20-26-12-9-11-24-10-7-8-13-27(24)26/h7-19,32,34,42-43H,5-6,20-21H2,1-4H3,(H2,40,41,45)/b39-19-/t32-,34-/m1/s1. The first kappa shape index (κ1) is 35.8. The highest BCUT2D eigenvalue weighted by Crippen LogP contribution is 2.38. The highest BCUT2D eigenvalue weighted by Gasteiger charge is 2.32. The number of carbonyl (C=O) groups excluding carboxylic acids is 2. The van der Waals surface area contributed by atoms with Gasteiger partial charge in [0.1, 0.15) is 13.2 Å². The number of urea groups is 1. The van der Waals surface area contributed by atoms with Crippen molar-refractivity contribution in [3.8, 4) is 23.0 Å². The van der Waals surface area contributed by atoms with Crippen molar-refractivity contribution in [2.24, 2.45) is 5.10 Å². The third kappa shape index (κ3) is 8.57. The number of ether oxygens (including phenoxy) is 5. The molecule has 0 fully saturated rings. The summed E-state index contributed by atoms with van der Waals surface area (Å²) < 4.78 is 28.5. The van der Waals surface area contributed by atoms with Gasteiger partial charge in [-0.1, -0.05) is 60.1 Å². The number of carbonyl (C=O) groups is 2. The van der Waals surface area contributed by atoms with Gasteiger partial charge in [0.05, 0.1) is 43.2 Å². The van der Waals surface area contributed by atoms with E-state index in [1.807, 2.05) is 38.1 Å². The number of allylic oxidation sites excluding steroid dienone is 1. The van der Waals surface area contributed by atoms with Crippen molar-refractivity contribution in [2.45, 2.75) is 39.6 Å². The minimum atomic E-state index is -1.19. The van der Waals surface area contributed by atoms with Gasteiger partial charge in [-0.3, -0.25) is 5.43 Å². The molecule has 5 rings (SSSR count). The summed E-state index contributed by atoms with van der Waals surface area (Å²) >= 11 is 6.64. The molecule has 1 heterocycles. The molecule has 1 aliphatic rings. The molecule has 0 bridgehead atoms. The molecule has 0 radical (unpaired) electrons. The molecule has 1 aliphatic heterocycles. The maximum absolute atomic E-state index is 12.5. The Morgan fingerprint density at radius 1 is 0.980 bits per heavy atom. The smallest absolute Gasteiger partial charge is 0.337 e. The van der Waals surface area contributed by atoms with Crippen LogP contribution in [0.15, 0.2) is 89.2 Å². The normalized spacial score (nSPS) is 14.9. The van der Waals surface area contributed by atoms with E-state index in [1.54, 1.807) is 37.3 Å². The number of hydrogen-bond acceptors (Lipinski definition) is 10. The van der Waals surface area contributed by atoms with Gasteiger partial charge in [-0.15, -0.1) is 0 Å². The number of aliphatic hydroxyl groups excluding tert-OH is 1. The second kappa shape index (κ2) is 16.8. The Hall–Kier alpha value is -5.46. The maximum Gasteiger partial charge on any atom is 0.337 e. The van der Waals surface area contributed by atoms with Crippen molar-refractivity contribution >= 4 is 40.6 Å². The number of hydrogen-bond donors (Lipinski definition) is 4. The van der Waals surface area contributed by atoms with Gasteiger partial charge in [0.2, 0.25) is 0 Å². The third-order valence-corrected chi connectivity index (χ3v) is 7.97. The molecular formula is C37H39ClN4O8. The average molecular weight is 703 g/mol. The van der Waals surface area contributed by atoms with Crippen molar-refractivity contribution in [1.29, 1.82) is 0 Å². The summed E-state index contributed by atoms with van der Waals surface area (Å²) in [6.07, 6.45) is 0.305. The number of hydrazone groups is 1. The Labute approximate surface area is 295 Å². The molecule has 0 saturated heterocycles. The van der Waals surface area contributed by atoms with Gasteiger partial charge in [0.25, 0.3) is 0 Å². The van der Waals surface area contributed by atoms with Gasteiger partial charge < -0.3 is 39.4 Å². The minimum absolute atomic E-state index is 0.181. The summed E-state index contributed by atoms with van der Waals surface area (Å²) in [6.45, 7) is 6.14. The number of fused-ring (bicyclic) bond motifs is 1. The lowest BCUT2D eigenvalue weighted by atomic mass is 9.95. The van der Waals surface area contributed by atoms with E-state index < -0.39 is 24.3 Å². The lowest BCUT2D eigenvalue weighted by molar-refractivity contribution is -0.136. The molecule has 0 spiro atoms. The van der Waals surface area contributed by atoms with Crippen molar-refractivity contribution in [2.75, 3.05) is 26.9 Å². The summed E-state index contributed by atoms with van der Waals surface area (Å²) in [4.78, 5) is 24.7. The molecule has 0 aromatic heterocycles. The first-order valence-corrected chi connectivity index (χ1v) is 16.4. The predicted molar refractivity (Wildman–Crippen MR) is 190 cm³/mol. The van der Waals surface area contributed by atoms with E-state index in [-0.39, 0.29) is 12.2 Å². The lowest BCUT2D eigenvalue weighted by Crippen LogP contribution is -2.45. The van der Waals surface area contributed by atoms with Crippen LogP contribution in [0.3, 0.4) is 0 Å². The largest absolute Gasteiger partial charge is 0.490 e. The second-order valence-electron chi connectivity index (χ2n) is 11.1. The molecule has 4 N–H and O–H groups in total. The Balaban J connectivity index is 1.23. The van der Waals surface area contributed by atoms with E-state index in [9.17, 15) is 14.7 Å². The van der Waals surface area contributed by atoms with Gasteiger partial charge in [0, 0.05) is 5.70 Å². The van der Waals surface area contributed by atoms with Gasteiger partial charge in [-0.25, -0.2) is 9.59 Å². The summed E-state index contributed by atoms with van der Waals surface area (Å²) in [5.41, 5.74) is 5.49. The molecule has 0 aliphatic carbocycles. The Bertz CT molecular complexity index is 1910. The predicted octanol–water partition coefficient (Wildman–Crippen LogP) is 5.99. The van der Waals surface area contributed by atoms with Gasteiger partial charge >= 0.3 is 12.0 Å². The second-order valence-corrected chi connectivity index (χ2v) is 11.5. The number of nitrogens with one attached hydrogen (secondary N) is 3. The molecule has 12 nitrogen and oxygen atoms in total. The van der Waals surface area contributed by atoms with Crippen LogP contribution in [-0.4, -0.2) is 56.5 Å². The van der Waals surface area contributed by atoms with Crippen molar-refractivity contribution in [3.63, 3.8) is 0 Å². The molecule has 2 atom stereocenters. The number of amides is 2. The van der Waals surface area contributed by atoms with E-state index in [0.29, 0.717) is 64.7 Å². The van der Waals surface area contributed by atoms with Crippen LogP contribution >= 0.6 is 11.6 Å². The van der Waals surface area contributed by atoms with E-state index in [4.69, 9.17) is 35.3 Å². The Morgan fingerprint density at radius 2 is 1.74 bits per heavy atom. The molecule has 0 saturated carbocycles.